The van der Waals surface area contributed by atoms with Crippen LogP contribution in [0.3, 0.4) is 0 Å². The number of aromatic nitrogens is 2. The van der Waals surface area contributed by atoms with Crippen LogP contribution in [0.2, 0.25) is 0 Å². The molecule has 0 spiro atoms. The van der Waals surface area contributed by atoms with Gasteiger partial charge in [-0.2, -0.15) is 0 Å². The van der Waals surface area contributed by atoms with E-state index in [2.05, 4.69) is 15.3 Å². The number of benzene rings is 2. The highest BCUT2D eigenvalue weighted by Crippen LogP contribution is 2.25. The van der Waals surface area contributed by atoms with E-state index in [9.17, 15) is 4.79 Å². The summed E-state index contributed by atoms with van der Waals surface area (Å²) >= 11 is 0. The van der Waals surface area contributed by atoms with Gasteiger partial charge in [-0.3, -0.25) is 4.79 Å². The van der Waals surface area contributed by atoms with Crippen molar-refractivity contribution in [3.8, 4) is 5.75 Å². The molecule has 1 aliphatic rings. The molecule has 1 aliphatic heterocycles. The number of hydrogen-bond donors (Lipinski definition) is 1. The first-order valence-corrected chi connectivity index (χ1v) is 10.5. The van der Waals surface area contributed by atoms with E-state index in [-0.39, 0.29) is 18.1 Å². The third-order valence-corrected chi connectivity index (χ3v) is 5.38. The van der Waals surface area contributed by atoms with Crippen LogP contribution >= 0.6 is 0 Å². The van der Waals surface area contributed by atoms with Crippen LogP contribution in [-0.4, -0.2) is 53.2 Å². The number of nitrogens with one attached hydrogen (secondary N) is 1. The Labute approximate surface area is 182 Å². The van der Waals surface area contributed by atoms with E-state index in [4.69, 9.17) is 9.47 Å². The smallest absolute Gasteiger partial charge is 0.254 e. The van der Waals surface area contributed by atoms with E-state index < -0.39 is 0 Å². The highest BCUT2D eigenvalue weighted by atomic mass is 16.5. The van der Waals surface area contributed by atoms with Crippen LogP contribution < -0.4 is 10.1 Å². The minimum absolute atomic E-state index is 0.0472. The number of hydrogen-bond acceptors (Lipinski definition) is 6. The predicted molar refractivity (Wildman–Crippen MR) is 121 cm³/mol. The number of anilines is 1. The number of carbonyl (C=O) groups excluding carboxylic acids is 1. The summed E-state index contributed by atoms with van der Waals surface area (Å²) in [6.07, 6.45) is 0.113. The Morgan fingerprint density at radius 2 is 1.84 bits per heavy atom. The molecule has 0 aliphatic carbocycles. The molecule has 7 nitrogen and oxygen atoms in total. The second-order valence-electron chi connectivity index (χ2n) is 8.02. The van der Waals surface area contributed by atoms with E-state index in [0.717, 1.165) is 28.0 Å². The van der Waals surface area contributed by atoms with Crippen molar-refractivity contribution in [3.05, 3.63) is 59.4 Å². The van der Waals surface area contributed by atoms with E-state index >= 15 is 0 Å². The van der Waals surface area contributed by atoms with E-state index in [0.29, 0.717) is 31.0 Å². The van der Waals surface area contributed by atoms with Gasteiger partial charge in [0.2, 0.25) is 0 Å². The molecule has 31 heavy (non-hydrogen) atoms. The second-order valence-corrected chi connectivity index (χ2v) is 8.02. The molecular weight excluding hydrogens is 392 g/mol. The fourth-order valence-corrected chi connectivity index (χ4v) is 3.96. The normalized spacial score (nSPS) is 18.8. The third kappa shape index (κ3) is 4.77. The molecule has 1 amide bonds. The molecule has 0 saturated carbocycles. The molecule has 2 atom stereocenters. The number of fused-ring (bicyclic) bond motifs is 1. The zero-order chi connectivity index (χ0) is 22.0. The third-order valence-electron chi connectivity index (χ3n) is 5.38. The first kappa shape index (κ1) is 21.1. The first-order chi connectivity index (χ1) is 14.9. The summed E-state index contributed by atoms with van der Waals surface area (Å²) in [5, 5.41) is 4.31. The molecule has 162 valence electrons. The molecule has 1 fully saturated rings. The van der Waals surface area contributed by atoms with Crippen molar-refractivity contribution >= 4 is 22.6 Å². The maximum absolute atomic E-state index is 12.9. The lowest BCUT2D eigenvalue weighted by Crippen LogP contribution is -2.48. The van der Waals surface area contributed by atoms with Crippen LogP contribution in [0.4, 0.5) is 5.82 Å². The summed E-state index contributed by atoms with van der Waals surface area (Å²) < 4.78 is 11.1. The molecule has 2 heterocycles. The summed E-state index contributed by atoms with van der Waals surface area (Å²) in [7, 11) is 1.64. The van der Waals surface area contributed by atoms with Gasteiger partial charge in [-0.15, -0.1) is 0 Å². The van der Waals surface area contributed by atoms with Gasteiger partial charge in [0.15, 0.2) is 0 Å². The molecule has 3 aromatic rings. The first-order valence-electron chi connectivity index (χ1n) is 10.5. The fraction of sp³-hybridized carbons (Fsp3) is 0.375. The lowest BCUT2D eigenvalue weighted by atomic mass is 10.1. The number of rotatable bonds is 5. The van der Waals surface area contributed by atoms with Gasteiger partial charge in [0.25, 0.3) is 5.91 Å². The van der Waals surface area contributed by atoms with Crippen molar-refractivity contribution in [3.63, 3.8) is 0 Å². The molecule has 0 unspecified atom stereocenters. The van der Waals surface area contributed by atoms with Gasteiger partial charge in [0.1, 0.15) is 17.4 Å². The van der Waals surface area contributed by atoms with Gasteiger partial charge in [-0.25, -0.2) is 9.97 Å². The monoisotopic (exact) mass is 420 g/mol. The molecule has 1 aromatic heterocycles. The molecule has 0 bridgehead atoms. The number of nitrogens with zero attached hydrogens (tertiary/aromatic N) is 3. The summed E-state index contributed by atoms with van der Waals surface area (Å²) in [5.74, 6) is 2.27. The largest absolute Gasteiger partial charge is 0.497 e. The van der Waals surface area contributed by atoms with Gasteiger partial charge < -0.3 is 19.7 Å². The summed E-state index contributed by atoms with van der Waals surface area (Å²) in [6, 6.07) is 13.5. The number of aryl methyl sites for hydroxylation is 1. The average Bonchev–Trinajstić information content (AvgIpc) is 2.76. The van der Waals surface area contributed by atoms with Gasteiger partial charge in [-0.1, -0.05) is 12.1 Å². The van der Waals surface area contributed by atoms with Crippen LogP contribution in [0.5, 0.6) is 5.75 Å². The Morgan fingerprint density at radius 3 is 2.52 bits per heavy atom. The molecular formula is C24H28N4O3. The van der Waals surface area contributed by atoms with Crippen LogP contribution in [0.15, 0.2) is 42.5 Å². The van der Waals surface area contributed by atoms with Crippen molar-refractivity contribution in [1.82, 2.24) is 14.9 Å². The lowest BCUT2D eigenvalue weighted by Gasteiger charge is -2.35. The minimum atomic E-state index is 0.0472. The van der Waals surface area contributed by atoms with E-state index in [1.54, 1.807) is 7.11 Å². The Kier molecular flexibility index (Phi) is 6.04. The van der Waals surface area contributed by atoms with Gasteiger partial charge in [-0.05, 0) is 56.7 Å². The number of morpholine rings is 1. The molecule has 1 saturated heterocycles. The summed E-state index contributed by atoms with van der Waals surface area (Å²) in [4.78, 5) is 23.8. The Balaban J connectivity index is 1.47. The van der Waals surface area contributed by atoms with Crippen molar-refractivity contribution < 1.29 is 14.3 Å². The van der Waals surface area contributed by atoms with Crippen LogP contribution in [0, 0.1) is 6.92 Å². The van der Waals surface area contributed by atoms with E-state index in [1.165, 1.54) is 0 Å². The quantitative estimate of drug-likeness (QED) is 0.676. The standard InChI is InChI=1S/C24H28N4O3/c1-15-13-28(14-16(2)31-15)24(29)19-7-5-18(6-8-19)12-25-23-21-11-20(30-4)9-10-22(21)26-17(3)27-23/h5-11,15-16H,12-14H2,1-4H3,(H,25,26,27)/t15-,16-/m1/s1. The van der Waals surface area contributed by atoms with Crippen molar-refractivity contribution in [1.29, 1.82) is 0 Å². The molecule has 2 aromatic carbocycles. The van der Waals surface area contributed by atoms with Crippen LogP contribution in [0.25, 0.3) is 10.9 Å². The zero-order valence-corrected chi connectivity index (χ0v) is 18.4. The van der Waals surface area contributed by atoms with Crippen molar-refractivity contribution in [2.45, 2.75) is 39.5 Å². The number of carbonyl (C=O) groups is 1. The van der Waals surface area contributed by atoms with Crippen molar-refractivity contribution in [2.75, 3.05) is 25.5 Å². The van der Waals surface area contributed by atoms with Gasteiger partial charge in [0, 0.05) is 30.6 Å². The number of amides is 1. The topological polar surface area (TPSA) is 76.6 Å². The molecule has 0 radical (unpaired) electrons. The van der Waals surface area contributed by atoms with Gasteiger partial charge >= 0.3 is 0 Å². The Hall–Kier alpha value is -3.19. The zero-order valence-electron chi connectivity index (χ0n) is 18.4. The number of ether oxygens (including phenoxy) is 2. The Bertz CT molecular complexity index is 1070. The number of methoxy groups -OCH3 is 1. The second kappa shape index (κ2) is 8.89. The lowest BCUT2D eigenvalue weighted by molar-refractivity contribution is -0.0586. The SMILES string of the molecule is COc1ccc2nc(C)nc(NCc3ccc(C(=O)N4C[C@@H](C)O[C@H](C)C4)cc3)c2c1. The summed E-state index contributed by atoms with van der Waals surface area (Å²) in [6.45, 7) is 7.70. The van der Waals surface area contributed by atoms with Crippen LogP contribution in [0.1, 0.15) is 35.6 Å². The molecule has 4 rings (SSSR count). The average molecular weight is 421 g/mol. The van der Waals surface area contributed by atoms with Crippen LogP contribution in [-0.2, 0) is 11.3 Å². The van der Waals surface area contributed by atoms with Gasteiger partial charge in [0.05, 0.1) is 24.8 Å². The predicted octanol–water partition coefficient (Wildman–Crippen LogP) is 3.81. The molecule has 7 heteroatoms. The maximum atomic E-state index is 12.9. The highest BCUT2D eigenvalue weighted by Gasteiger charge is 2.26. The maximum Gasteiger partial charge on any atom is 0.254 e. The minimum Gasteiger partial charge on any atom is -0.497 e. The fourth-order valence-electron chi connectivity index (χ4n) is 3.96. The highest BCUT2D eigenvalue weighted by molar-refractivity contribution is 5.94. The van der Waals surface area contributed by atoms with Crippen molar-refractivity contribution in [2.24, 2.45) is 0 Å². The summed E-state index contributed by atoms with van der Waals surface area (Å²) in [5.41, 5.74) is 2.62. The van der Waals surface area contributed by atoms with E-state index in [1.807, 2.05) is 68.1 Å². The molecule has 1 N–H and O–H groups in total. The Morgan fingerprint density at radius 1 is 1.13 bits per heavy atom.